The van der Waals surface area contributed by atoms with E-state index in [9.17, 15) is 9.59 Å². The third-order valence-corrected chi connectivity index (χ3v) is 2.57. The van der Waals surface area contributed by atoms with Crippen LogP contribution < -0.4 is 14.8 Å². The minimum atomic E-state index is -1.01. The summed E-state index contributed by atoms with van der Waals surface area (Å²) in [5, 5.41) is 11.5. The molecule has 1 aromatic carbocycles. The van der Waals surface area contributed by atoms with Crippen LogP contribution in [0, 0.1) is 0 Å². The molecule has 6 heteroatoms. The molecule has 0 aromatic heterocycles. The van der Waals surface area contributed by atoms with Crippen molar-refractivity contribution in [2.24, 2.45) is 0 Å². The van der Waals surface area contributed by atoms with E-state index in [0.717, 1.165) is 0 Å². The second kappa shape index (κ2) is 6.63. The quantitative estimate of drug-likeness (QED) is 0.812. The van der Waals surface area contributed by atoms with E-state index in [4.69, 9.17) is 14.6 Å². The van der Waals surface area contributed by atoms with E-state index in [2.05, 4.69) is 5.32 Å². The predicted molar refractivity (Wildman–Crippen MR) is 68.4 cm³/mol. The summed E-state index contributed by atoms with van der Waals surface area (Å²) < 4.78 is 10.4. The van der Waals surface area contributed by atoms with Gasteiger partial charge in [-0.1, -0.05) is 12.1 Å². The Hall–Kier alpha value is -2.24. The number of carboxylic acids is 1. The number of methoxy groups -OCH3 is 2. The van der Waals surface area contributed by atoms with Gasteiger partial charge in [0.05, 0.1) is 26.7 Å². The van der Waals surface area contributed by atoms with Gasteiger partial charge >= 0.3 is 5.97 Å². The molecular weight excluding hydrogens is 250 g/mol. The Morgan fingerprint density at radius 1 is 1.32 bits per heavy atom. The Morgan fingerprint density at radius 3 is 2.47 bits per heavy atom. The zero-order valence-electron chi connectivity index (χ0n) is 11.1. The fourth-order valence-electron chi connectivity index (χ4n) is 1.85. The molecule has 0 radical (unpaired) electrons. The van der Waals surface area contributed by atoms with Gasteiger partial charge in [-0.2, -0.15) is 0 Å². The van der Waals surface area contributed by atoms with Crippen LogP contribution in [0.3, 0.4) is 0 Å². The number of para-hydroxylation sites is 1. The molecule has 0 bridgehead atoms. The van der Waals surface area contributed by atoms with Crippen LogP contribution in [0.15, 0.2) is 18.2 Å². The molecule has 1 atom stereocenters. The van der Waals surface area contributed by atoms with Crippen molar-refractivity contribution >= 4 is 11.9 Å². The normalized spacial score (nSPS) is 11.5. The van der Waals surface area contributed by atoms with E-state index in [1.165, 1.54) is 21.1 Å². The number of aliphatic carboxylic acids is 1. The van der Waals surface area contributed by atoms with Crippen LogP contribution in [-0.2, 0) is 9.59 Å². The molecule has 0 heterocycles. The van der Waals surface area contributed by atoms with Crippen molar-refractivity contribution in [2.45, 2.75) is 19.4 Å². The Bertz CT molecular complexity index is 456. The van der Waals surface area contributed by atoms with Crippen molar-refractivity contribution in [3.8, 4) is 11.5 Å². The molecular formula is C13H17NO5. The van der Waals surface area contributed by atoms with Crippen molar-refractivity contribution in [1.82, 2.24) is 5.32 Å². The largest absolute Gasteiger partial charge is 0.493 e. The van der Waals surface area contributed by atoms with Gasteiger partial charge in [0.1, 0.15) is 0 Å². The molecule has 104 valence electrons. The van der Waals surface area contributed by atoms with Crippen molar-refractivity contribution in [1.29, 1.82) is 0 Å². The van der Waals surface area contributed by atoms with Crippen LogP contribution >= 0.6 is 0 Å². The number of rotatable bonds is 6. The van der Waals surface area contributed by atoms with E-state index < -0.39 is 12.0 Å². The molecule has 1 aromatic rings. The zero-order valence-corrected chi connectivity index (χ0v) is 11.1. The SMILES string of the molecule is COc1cccc([C@H](CC(=O)O)NC(C)=O)c1OC. The van der Waals surface area contributed by atoms with Crippen LogP contribution in [0.4, 0.5) is 0 Å². The van der Waals surface area contributed by atoms with Gasteiger partial charge in [0.15, 0.2) is 11.5 Å². The molecule has 1 rings (SSSR count). The number of carboxylic acid groups (broad SMARTS) is 1. The first-order chi connectivity index (χ1) is 8.99. The average Bonchev–Trinajstić information content (AvgIpc) is 2.35. The number of ether oxygens (including phenoxy) is 2. The highest BCUT2D eigenvalue weighted by molar-refractivity contribution is 5.75. The smallest absolute Gasteiger partial charge is 0.305 e. The summed E-state index contributed by atoms with van der Waals surface area (Å²) >= 11 is 0. The van der Waals surface area contributed by atoms with Crippen LogP contribution in [0.25, 0.3) is 0 Å². The molecule has 0 unspecified atom stereocenters. The van der Waals surface area contributed by atoms with Gasteiger partial charge in [-0.15, -0.1) is 0 Å². The number of carbonyl (C=O) groups excluding carboxylic acids is 1. The van der Waals surface area contributed by atoms with Crippen molar-refractivity contribution in [3.63, 3.8) is 0 Å². The van der Waals surface area contributed by atoms with Crippen LogP contribution in [-0.4, -0.2) is 31.2 Å². The molecule has 0 spiro atoms. The lowest BCUT2D eigenvalue weighted by atomic mass is 10.0. The Morgan fingerprint density at radius 2 is 2.00 bits per heavy atom. The molecule has 0 aliphatic heterocycles. The molecule has 6 nitrogen and oxygen atoms in total. The van der Waals surface area contributed by atoms with Gasteiger partial charge in [0.25, 0.3) is 0 Å². The number of benzene rings is 1. The van der Waals surface area contributed by atoms with Gasteiger partial charge in [0.2, 0.25) is 5.91 Å². The van der Waals surface area contributed by atoms with E-state index in [1.807, 2.05) is 0 Å². The molecule has 0 saturated heterocycles. The molecule has 0 saturated carbocycles. The second-order valence-corrected chi connectivity index (χ2v) is 3.93. The van der Waals surface area contributed by atoms with Crippen LogP contribution in [0.5, 0.6) is 11.5 Å². The molecule has 2 N–H and O–H groups in total. The molecule has 0 aliphatic rings. The number of hydrogen-bond acceptors (Lipinski definition) is 4. The van der Waals surface area contributed by atoms with Crippen LogP contribution in [0.2, 0.25) is 0 Å². The first kappa shape index (κ1) is 14.8. The number of carbonyl (C=O) groups is 2. The summed E-state index contributed by atoms with van der Waals surface area (Å²) in [5.74, 6) is -0.412. The molecule has 19 heavy (non-hydrogen) atoms. The first-order valence-electron chi connectivity index (χ1n) is 5.69. The van der Waals surface area contributed by atoms with Gasteiger partial charge in [0, 0.05) is 12.5 Å². The topological polar surface area (TPSA) is 84.9 Å². The highest BCUT2D eigenvalue weighted by atomic mass is 16.5. The van der Waals surface area contributed by atoms with E-state index >= 15 is 0 Å². The third-order valence-electron chi connectivity index (χ3n) is 2.57. The lowest BCUT2D eigenvalue weighted by molar-refractivity contribution is -0.137. The van der Waals surface area contributed by atoms with E-state index in [0.29, 0.717) is 17.1 Å². The maximum Gasteiger partial charge on any atom is 0.305 e. The third kappa shape index (κ3) is 3.87. The van der Waals surface area contributed by atoms with Crippen molar-refractivity contribution in [2.75, 3.05) is 14.2 Å². The second-order valence-electron chi connectivity index (χ2n) is 3.93. The minimum Gasteiger partial charge on any atom is -0.493 e. The highest BCUT2D eigenvalue weighted by Gasteiger charge is 2.22. The molecule has 1 amide bonds. The lowest BCUT2D eigenvalue weighted by Gasteiger charge is -2.20. The Kier molecular flexibility index (Phi) is 5.17. The van der Waals surface area contributed by atoms with Crippen LogP contribution in [0.1, 0.15) is 24.9 Å². The summed E-state index contributed by atoms with van der Waals surface area (Å²) in [6.45, 7) is 1.33. The number of nitrogens with one attached hydrogen (secondary N) is 1. The van der Waals surface area contributed by atoms with E-state index in [-0.39, 0.29) is 12.3 Å². The minimum absolute atomic E-state index is 0.233. The zero-order chi connectivity index (χ0) is 14.4. The lowest BCUT2D eigenvalue weighted by Crippen LogP contribution is -2.28. The highest BCUT2D eigenvalue weighted by Crippen LogP contribution is 2.35. The number of hydrogen-bond donors (Lipinski definition) is 2. The van der Waals surface area contributed by atoms with Crippen molar-refractivity contribution in [3.05, 3.63) is 23.8 Å². The Balaban J connectivity index is 3.20. The maximum absolute atomic E-state index is 11.2. The number of amides is 1. The molecule has 0 fully saturated rings. The van der Waals surface area contributed by atoms with Gasteiger partial charge in [-0.25, -0.2) is 0 Å². The van der Waals surface area contributed by atoms with Gasteiger partial charge < -0.3 is 19.9 Å². The summed E-state index contributed by atoms with van der Waals surface area (Å²) in [6.07, 6.45) is -0.233. The fourth-order valence-corrected chi connectivity index (χ4v) is 1.85. The van der Waals surface area contributed by atoms with Crippen molar-refractivity contribution < 1.29 is 24.2 Å². The standard InChI is InChI=1S/C13H17NO5/c1-8(15)14-10(7-12(16)17)9-5-4-6-11(18-2)13(9)19-3/h4-6,10H,7H2,1-3H3,(H,14,15)(H,16,17)/t10-/m0/s1. The fraction of sp³-hybridized carbons (Fsp3) is 0.385. The summed E-state index contributed by atoms with van der Waals surface area (Å²) in [7, 11) is 2.96. The summed E-state index contributed by atoms with van der Waals surface area (Å²) in [6, 6.07) is 4.45. The van der Waals surface area contributed by atoms with Gasteiger partial charge in [-0.3, -0.25) is 9.59 Å². The van der Waals surface area contributed by atoms with E-state index in [1.54, 1.807) is 18.2 Å². The Labute approximate surface area is 111 Å². The summed E-state index contributed by atoms with van der Waals surface area (Å²) in [5.41, 5.74) is 0.569. The average molecular weight is 267 g/mol. The maximum atomic E-state index is 11.2. The van der Waals surface area contributed by atoms with Gasteiger partial charge in [-0.05, 0) is 6.07 Å². The predicted octanol–water partition coefficient (Wildman–Crippen LogP) is 1.36. The monoisotopic (exact) mass is 267 g/mol. The summed E-state index contributed by atoms with van der Waals surface area (Å²) in [4.78, 5) is 22.1. The first-order valence-corrected chi connectivity index (χ1v) is 5.69. The molecule has 0 aliphatic carbocycles.